The first-order valence-corrected chi connectivity index (χ1v) is 9.39. The number of likely N-dealkylation sites (tertiary alicyclic amines) is 1. The van der Waals surface area contributed by atoms with Gasteiger partial charge in [0.2, 0.25) is 0 Å². The molecular formula is C17H27N3O2S. The average Bonchev–Trinajstić information content (AvgIpc) is 2.93. The third-order valence-corrected chi connectivity index (χ3v) is 6.13. The lowest BCUT2D eigenvalue weighted by Gasteiger charge is -2.60. The summed E-state index contributed by atoms with van der Waals surface area (Å²) in [6, 6.07) is 0.361. The van der Waals surface area contributed by atoms with Crippen molar-refractivity contribution in [2.75, 3.05) is 19.0 Å². The summed E-state index contributed by atoms with van der Waals surface area (Å²) in [5.41, 5.74) is 0.369. The van der Waals surface area contributed by atoms with E-state index in [0.717, 1.165) is 11.4 Å². The minimum absolute atomic E-state index is 0.00165. The van der Waals surface area contributed by atoms with E-state index in [2.05, 4.69) is 24.1 Å². The topological polar surface area (TPSA) is 54.5 Å². The number of urea groups is 1. The van der Waals surface area contributed by atoms with E-state index in [1.54, 1.807) is 13.3 Å². The first-order valence-electron chi connectivity index (χ1n) is 8.57. The Bertz CT molecular complexity index is 552. The summed E-state index contributed by atoms with van der Waals surface area (Å²) in [6.45, 7) is 5.91. The lowest BCUT2D eigenvalue weighted by atomic mass is 9.60. The largest absolute Gasteiger partial charge is 0.379 e. The first-order chi connectivity index (χ1) is 11.1. The molecule has 1 aliphatic carbocycles. The van der Waals surface area contributed by atoms with Crippen LogP contribution in [0.4, 0.5) is 9.93 Å². The van der Waals surface area contributed by atoms with Crippen molar-refractivity contribution in [1.29, 1.82) is 0 Å². The van der Waals surface area contributed by atoms with Crippen molar-refractivity contribution in [3.63, 3.8) is 0 Å². The quantitative estimate of drug-likeness (QED) is 0.899. The summed E-state index contributed by atoms with van der Waals surface area (Å²) < 4.78 is 5.10. The number of rotatable bonds is 4. The van der Waals surface area contributed by atoms with Crippen LogP contribution in [0.3, 0.4) is 0 Å². The van der Waals surface area contributed by atoms with Crippen molar-refractivity contribution < 1.29 is 9.53 Å². The Kier molecular flexibility index (Phi) is 4.92. The number of carbonyl (C=O) groups excluding carboxylic acids is 1. The molecule has 2 aliphatic rings. The van der Waals surface area contributed by atoms with Gasteiger partial charge in [0.05, 0.1) is 11.5 Å². The highest BCUT2D eigenvalue weighted by Gasteiger charge is 2.55. The lowest BCUT2D eigenvalue weighted by molar-refractivity contribution is -0.0853. The highest BCUT2D eigenvalue weighted by atomic mass is 32.1. The van der Waals surface area contributed by atoms with Gasteiger partial charge in [0.15, 0.2) is 5.13 Å². The molecule has 1 aliphatic heterocycles. The molecule has 0 aromatic carbocycles. The highest BCUT2D eigenvalue weighted by Crippen LogP contribution is 2.51. The van der Waals surface area contributed by atoms with Gasteiger partial charge >= 0.3 is 6.03 Å². The zero-order chi connectivity index (χ0) is 16.4. The van der Waals surface area contributed by atoms with Gasteiger partial charge in [-0.15, -0.1) is 0 Å². The van der Waals surface area contributed by atoms with Gasteiger partial charge in [-0.3, -0.25) is 5.32 Å². The number of carbonyl (C=O) groups is 1. The van der Waals surface area contributed by atoms with Crippen molar-refractivity contribution in [3.8, 4) is 0 Å². The number of thiazole rings is 1. The van der Waals surface area contributed by atoms with E-state index in [4.69, 9.17) is 4.74 Å². The fourth-order valence-corrected chi connectivity index (χ4v) is 5.24. The molecular weight excluding hydrogens is 310 g/mol. The number of methoxy groups -OCH3 is 1. The monoisotopic (exact) mass is 337 g/mol. The molecule has 2 heterocycles. The van der Waals surface area contributed by atoms with Crippen LogP contribution < -0.4 is 5.32 Å². The van der Waals surface area contributed by atoms with Crippen LogP contribution in [0.25, 0.3) is 0 Å². The number of amides is 2. The summed E-state index contributed by atoms with van der Waals surface area (Å²) in [6.07, 6.45) is 8.28. The zero-order valence-corrected chi connectivity index (χ0v) is 15.1. The maximum Gasteiger partial charge on any atom is 0.323 e. The van der Waals surface area contributed by atoms with Gasteiger partial charge < -0.3 is 9.64 Å². The Hall–Kier alpha value is -1.14. The smallest absolute Gasteiger partial charge is 0.323 e. The second-order valence-electron chi connectivity index (χ2n) is 7.23. The SMILES string of the molecule is COCc1cnc(NC(=O)N2CC3(CCCCC3)C2C(C)C)s1. The number of hydrogen-bond acceptors (Lipinski definition) is 4. The van der Waals surface area contributed by atoms with Crippen LogP contribution in [0.5, 0.6) is 0 Å². The molecule has 6 heteroatoms. The van der Waals surface area contributed by atoms with Gasteiger partial charge in [-0.2, -0.15) is 0 Å². The first kappa shape index (κ1) is 16.7. The van der Waals surface area contributed by atoms with Gasteiger partial charge in [-0.25, -0.2) is 9.78 Å². The summed E-state index contributed by atoms with van der Waals surface area (Å²) in [5.74, 6) is 0.493. The minimum Gasteiger partial charge on any atom is -0.379 e. The average molecular weight is 337 g/mol. The van der Waals surface area contributed by atoms with Crippen molar-refractivity contribution >= 4 is 22.5 Å². The Morgan fingerprint density at radius 1 is 1.48 bits per heavy atom. The summed E-state index contributed by atoms with van der Waals surface area (Å²) in [5, 5.41) is 3.63. The fraction of sp³-hybridized carbons (Fsp3) is 0.765. The molecule has 23 heavy (non-hydrogen) atoms. The predicted octanol–water partition coefficient (Wildman–Crippen LogP) is 4.11. The van der Waals surface area contributed by atoms with Crippen LogP contribution in [-0.4, -0.2) is 35.6 Å². The van der Waals surface area contributed by atoms with Crippen molar-refractivity contribution in [1.82, 2.24) is 9.88 Å². The van der Waals surface area contributed by atoms with Crippen LogP contribution in [0.2, 0.25) is 0 Å². The minimum atomic E-state index is -0.00165. The standard InChI is InChI=1S/C17H27N3O2S/c1-12(2)14-17(7-5-4-6-8-17)11-20(14)16(21)19-15-18-9-13(23-15)10-22-3/h9,12,14H,4-8,10-11H2,1-3H3,(H,18,19,21). The van der Waals surface area contributed by atoms with Crippen LogP contribution in [0, 0.1) is 11.3 Å². The van der Waals surface area contributed by atoms with Crippen LogP contribution in [-0.2, 0) is 11.3 Å². The third-order valence-electron chi connectivity index (χ3n) is 5.24. The van der Waals surface area contributed by atoms with E-state index in [9.17, 15) is 4.79 Å². The molecule has 128 valence electrons. The second kappa shape index (κ2) is 6.77. The number of nitrogens with zero attached hydrogens (tertiary/aromatic N) is 2. The molecule has 1 atom stereocenters. The molecule has 1 saturated carbocycles. The van der Waals surface area contributed by atoms with E-state index in [1.807, 2.05) is 4.90 Å². The summed E-state index contributed by atoms with van der Waals surface area (Å²) in [4.78, 5) is 20.0. The Labute approximate surface area is 142 Å². The molecule has 1 N–H and O–H groups in total. The lowest BCUT2D eigenvalue weighted by Crippen LogP contribution is -2.69. The van der Waals surface area contributed by atoms with Crippen molar-refractivity contribution in [3.05, 3.63) is 11.1 Å². The molecule has 3 rings (SSSR count). The third kappa shape index (κ3) is 3.24. The number of hydrogen-bond donors (Lipinski definition) is 1. The Morgan fingerprint density at radius 2 is 2.22 bits per heavy atom. The van der Waals surface area contributed by atoms with Crippen LogP contribution in [0.1, 0.15) is 50.8 Å². The van der Waals surface area contributed by atoms with Gasteiger partial charge in [0, 0.05) is 31.3 Å². The van der Waals surface area contributed by atoms with E-state index >= 15 is 0 Å². The van der Waals surface area contributed by atoms with Gasteiger partial charge in [-0.1, -0.05) is 44.4 Å². The maximum absolute atomic E-state index is 12.7. The molecule has 2 fully saturated rings. The number of ether oxygens (including phenoxy) is 1. The zero-order valence-electron chi connectivity index (χ0n) is 14.3. The summed E-state index contributed by atoms with van der Waals surface area (Å²) >= 11 is 1.48. The fourth-order valence-electron chi connectivity index (χ4n) is 4.46. The van der Waals surface area contributed by atoms with E-state index in [0.29, 0.717) is 29.1 Å². The van der Waals surface area contributed by atoms with Crippen molar-refractivity contribution in [2.24, 2.45) is 11.3 Å². The molecule has 1 saturated heterocycles. The summed E-state index contributed by atoms with van der Waals surface area (Å²) in [7, 11) is 1.66. The van der Waals surface area contributed by atoms with Crippen LogP contribution >= 0.6 is 11.3 Å². The molecule has 1 spiro atoms. The normalized spacial score (nSPS) is 23.1. The predicted molar refractivity (Wildman–Crippen MR) is 92.7 cm³/mol. The highest BCUT2D eigenvalue weighted by molar-refractivity contribution is 7.15. The van der Waals surface area contributed by atoms with Crippen molar-refractivity contribution in [2.45, 2.75) is 58.6 Å². The molecule has 0 bridgehead atoms. The molecule has 0 radical (unpaired) electrons. The van der Waals surface area contributed by atoms with E-state index < -0.39 is 0 Å². The molecule has 1 aromatic heterocycles. The van der Waals surface area contributed by atoms with Gasteiger partial charge in [-0.05, 0) is 18.8 Å². The molecule has 5 nitrogen and oxygen atoms in total. The molecule has 1 aromatic rings. The second-order valence-corrected chi connectivity index (χ2v) is 8.35. The van der Waals surface area contributed by atoms with Gasteiger partial charge in [0.1, 0.15) is 0 Å². The number of nitrogens with one attached hydrogen (secondary N) is 1. The van der Waals surface area contributed by atoms with E-state index in [1.165, 1.54) is 43.4 Å². The number of aromatic nitrogens is 1. The maximum atomic E-state index is 12.7. The van der Waals surface area contributed by atoms with Gasteiger partial charge in [0.25, 0.3) is 0 Å². The molecule has 2 amide bonds. The van der Waals surface area contributed by atoms with Crippen LogP contribution in [0.15, 0.2) is 6.20 Å². The molecule has 1 unspecified atom stereocenters. The Balaban J connectivity index is 1.64. The van der Waals surface area contributed by atoms with E-state index in [-0.39, 0.29) is 6.03 Å². The number of anilines is 1. The Morgan fingerprint density at radius 3 is 2.87 bits per heavy atom.